The summed E-state index contributed by atoms with van der Waals surface area (Å²) in [5, 5.41) is 11.1. The number of hydrogen-bond donors (Lipinski definition) is 1. The zero-order valence-corrected chi connectivity index (χ0v) is 14.1. The van der Waals surface area contributed by atoms with Gasteiger partial charge in [-0.1, -0.05) is 5.16 Å². The van der Waals surface area contributed by atoms with Crippen LogP contribution in [0.2, 0.25) is 0 Å². The van der Waals surface area contributed by atoms with Gasteiger partial charge < -0.3 is 9.84 Å². The predicted octanol–water partition coefficient (Wildman–Crippen LogP) is 1.80. The first-order chi connectivity index (χ1) is 11.5. The van der Waals surface area contributed by atoms with Crippen LogP contribution < -0.4 is 5.32 Å². The summed E-state index contributed by atoms with van der Waals surface area (Å²) in [6.45, 7) is 8.16. The third-order valence-corrected chi connectivity index (χ3v) is 3.83. The minimum atomic E-state index is -0.123. The average Bonchev–Trinajstić information content (AvgIpc) is 3.21. The highest BCUT2D eigenvalue weighted by Crippen LogP contribution is 2.20. The van der Waals surface area contributed by atoms with Crippen molar-refractivity contribution >= 4 is 5.91 Å². The van der Waals surface area contributed by atoms with Crippen LogP contribution in [-0.4, -0.2) is 36.4 Å². The largest absolute Gasteiger partial charge is 0.360 e. The van der Waals surface area contributed by atoms with Crippen molar-refractivity contribution in [2.45, 2.75) is 40.3 Å². The number of nitrogens with one attached hydrogen (secondary N) is 1. The Morgan fingerprint density at radius 1 is 1.33 bits per heavy atom. The summed E-state index contributed by atoms with van der Waals surface area (Å²) < 4.78 is 8.73. The number of aryl methyl sites for hydroxylation is 2. The van der Waals surface area contributed by atoms with E-state index in [9.17, 15) is 4.79 Å². The SMILES string of the molecule is Cc1cc(-n2c(C)cc(C(=O)NC(C)Cn3cncn3)c2C)no1. The Labute approximate surface area is 139 Å². The minimum Gasteiger partial charge on any atom is -0.360 e. The van der Waals surface area contributed by atoms with E-state index in [0.717, 1.165) is 17.1 Å². The third-order valence-electron chi connectivity index (χ3n) is 3.83. The maximum absolute atomic E-state index is 12.6. The van der Waals surface area contributed by atoms with Crippen LogP contribution in [0.3, 0.4) is 0 Å². The lowest BCUT2D eigenvalue weighted by molar-refractivity contribution is 0.0935. The quantitative estimate of drug-likeness (QED) is 0.771. The van der Waals surface area contributed by atoms with Gasteiger partial charge in [-0.25, -0.2) is 4.98 Å². The summed E-state index contributed by atoms with van der Waals surface area (Å²) in [7, 11) is 0. The predicted molar refractivity (Wildman–Crippen MR) is 87.0 cm³/mol. The van der Waals surface area contributed by atoms with Crippen molar-refractivity contribution in [3.63, 3.8) is 0 Å². The second-order valence-electron chi connectivity index (χ2n) is 5.91. The van der Waals surface area contributed by atoms with Crippen molar-refractivity contribution in [2.24, 2.45) is 0 Å². The molecule has 0 aromatic carbocycles. The number of aromatic nitrogens is 5. The summed E-state index contributed by atoms with van der Waals surface area (Å²) in [4.78, 5) is 16.5. The Bertz CT molecular complexity index is 846. The van der Waals surface area contributed by atoms with E-state index in [4.69, 9.17) is 4.52 Å². The number of nitrogens with zero attached hydrogens (tertiary/aromatic N) is 5. The molecule has 8 heteroatoms. The monoisotopic (exact) mass is 328 g/mol. The highest BCUT2D eigenvalue weighted by molar-refractivity contribution is 5.96. The lowest BCUT2D eigenvalue weighted by Crippen LogP contribution is -2.36. The molecule has 3 aromatic rings. The molecule has 1 N–H and O–H groups in total. The molecule has 8 nitrogen and oxygen atoms in total. The first-order valence-electron chi connectivity index (χ1n) is 7.71. The van der Waals surface area contributed by atoms with Crippen LogP contribution in [0.5, 0.6) is 0 Å². The van der Waals surface area contributed by atoms with Crippen molar-refractivity contribution in [3.8, 4) is 5.82 Å². The molecule has 0 radical (unpaired) electrons. The van der Waals surface area contributed by atoms with Gasteiger partial charge in [0.25, 0.3) is 5.91 Å². The molecule has 126 valence electrons. The molecule has 3 aromatic heterocycles. The maximum Gasteiger partial charge on any atom is 0.253 e. The summed E-state index contributed by atoms with van der Waals surface area (Å²) in [6.07, 6.45) is 3.10. The molecule has 3 rings (SSSR count). The summed E-state index contributed by atoms with van der Waals surface area (Å²) in [5.74, 6) is 1.28. The Balaban J connectivity index is 1.78. The molecule has 1 atom stereocenters. The Morgan fingerprint density at radius 2 is 2.12 bits per heavy atom. The molecule has 1 amide bonds. The van der Waals surface area contributed by atoms with Crippen molar-refractivity contribution in [1.82, 2.24) is 29.8 Å². The van der Waals surface area contributed by atoms with Gasteiger partial charge in [-0.2, -0.15) is 5.10 Å². The van der Waals surface area contributed by atoms with Crippen molar-refractivity contribution < 1.29 is 9.32 Å². The topological polar surface area (TPSA) is 90.8 Å². The minimum absolute atomic E-state index is 0.0726. The summed E-state index contributed by atoms with van der Waals surface area (Å²) >= 11 is 0. The molecule has 0 saturated heterocycles. The van der Waals surface area contributed by atoms with E-state index in [2.05, 4.69) is 20.6 Å². The number of rotatable bonds is 5. The normalized spacial score (nSPS) is 12.3. The number of carbonyl (C=O) groups excluding carboxylic acids is 1. The molecular weight excluding hydrogens is 308 g/mol. The second-order valence-corrected chi connectivity index (χ2v) is 5.91. The number of carbonyl (C=O) groups is 1. The van der Waals surface area contributed by atoms with Crippen LogP contribution in [-0.2, 0) is 6.54 Å². The van der Waals surface area contributed by atoms with E-state index in [1.807, 2.05) is 44.4 Å². The molecule has 0 bridgehead atoms. The van der Waals surface area contributed by atoms with Crippen molar-refractivity contribution in [3.05, 3.63) is 47.5 Å². The van der Waals surface area contributed by atoms with Gasteiger partial charge in [-0.15, -0.1) is 0 Å². The smallest absolute Gasteiger partial charge is 0.253 e. The molecule has 1 unspecified atom stereocenters. The first-order valence-corrected chi connectivity index (χ1v) is 7.71. The fraction of sp³-hybridized carbons (Fsp3) is 0.375. The lowest BCUT2D eigenvalue weighted by Gasteiger charge is -2.13. The fourth-order valence-corrected chi connectivity index (χ4v) is 2.76. The molecule has 0 saturated carbocycles. The van der Waals surface area contributed by atoms with Gasteiger partial charge in [0.2, 0.25) is 0 Å². The third kappa shape index (κ3) is 3.08. The zero-order chi connectivity index (χ0) is 17.3. The highest BCUT2D eigenvalue weighted by atomic mass is 16.5. The molecular formula is C16H20N6O2. The van der Waals surface area contributed by atoms with E-state index in [1.165, 1.54) is 6.33 Å². The van der Waals surface area contributed by atoms with Crippen molar-refractivity contribution in [2.75, 3.05) is 0 Å². The average molecular weight is 328 g/mol. The first kappa shape index (κ1) is 16.0. The van der Waals surface area contributed by atoms with Crippen LogP contribution in [0.15, 0.2) is 29.3 Å². The molecule has 0 aliphatic rings. The Hall–Kier alpha value is -2.90. The van der Waals surface area contributed by atoms with Crippen LogP contribution in [0.4, 0.5) is 0 Å². The van der Waals surface area contributed by atoms with Crippen LogP contribution in [0, 0.1) is 20.8 Å². The van der Waals surface area contributed by atoms with Gasteiger partial charge in [0, 0.05) is 23.5 Å². The molecule has 0 spiro atoms. The van der Waals surface area contributed by atoms with Crippen LogP contribution in [0.25, 0.3) is 5.82 Å². The number of amides is 1. The summed E-state index contributed by atoms with van der Waals surface area (Å²) in [5.41, 5.74) is 2.37. The fourth-order valence-electron chi connectivity index (χ4n) is 2.76. The van der Waals surface area contributed by atoms with Gasteiger partial charge in [-0.3, -0.25) is 14.0 Å². The van der Waals surface area contributed by atoms with E-state index in [0.29, 0.717) is 17.9 Å². The molecule has 0 aliphatic heterocycles. The van der Waals surface area contributed by atoms with Gasteiger partial charge in [0.05, 0.1) is 12.1 Å². The molecule has 0 aliphatic carbocycles. The van der Waals surface area contributed by atoms with Crippen LogP contribution in [0.1, 0.15) is 34.4 Å². The van der Waals surface area contributed by atoms with E-state index in [1.54, 1.807) is 11.0 Å². The van der Waals surface area contributed by atoms with Crippen molar-refractivity contribution in [1.29, 1.82) is 0 Å². The zero-order valence-electron chi connectivity index (χ0n) is 14.1. The number of hydrogen-bond acceptors (Lipinski definition) is 5. The highest BCUT2D eigenvalue weighted by Gasteiger charge is 2.19. The van der Waals surface area contributed by atoms with E-state index < -0.39 is 0 Å². The van der Waals surface area contributed by atoms with E-state index in [-0.39, 0.29) is 11.9 Å². The van der Waals surface area contributed by atoms with Gasteiger partial charge in [0.15, 0.2) is 5.82 Å². The van der Waals surface area contributed by atoms with Gasteiger partial charge in [0.1, 0.15) is 18.4 Å². The Morgan fingerprint density at radius 3 is 2.75 bits per heavy atom. The lowest BCUT2D eigenvalue weighted by atomic mass is 10.2. The molecule has 24 heavy (non-hydrogen) atoms. The van der Waals surface area contributed by atoms with E-state index >= 15 is 0 Å². The summed E-state index contributed by atoms with van der Waals surface area (Å²) in [6, 6.07) is 3.63. The van der Waals surface area contributed by atoms with Crippen LogP contribution >= 0.6 is 0 Å². The maximum atomic E-state index is 12.6. The van der Waals surface area contributed by atoms with Gasteiger partial charge in [-0.05, 0) is 33.8 Å². The Kier molecular flexibility index (Phi) is 4.20. The molecule has 3 heterocycles. The standard InChI is InChI=1S/C16H20N6O2/c1-10(7-21-9-17-8-18-21)19-16(23)14-5-11(2)22(13(14)4)15-6-12(3)24-20-15/h5-6,8-10H,7H2,1-4H3,(H,19,23). The van der Waals surface area contributed by atoms with Gasteiger partial charge >= 0.3 is 0 Å². The molecule has 0 fully saturated rings. The second kappa shape index (κ2) is 6.31.